The minimum atomic E-state index is -0.208. The molecule has 28 heavy (non-hydrogen) atoms. The minimum absolute atomic E-state index is 0.0188. The van der Waals surface area contributed by atoms with E-state index in [-0.39, 0.29) is 30.2 Å². The van der Waals surface area contributed by atoms with Crippen LogP contribution in [0.5, 0.6) is 0 Å². The molecule has 1 aromatic carbocycles. The van der Waals surface area contributed by atoms with Gasteiger partial charge in [-0.25, -0.2) is 0 Å². The molecule has 0 unspecified atom stereocenters. The van der Waals surface area contributed by atoms with E-state index in [1.165, 1.54) is 4.90 Å². The molecule has 0 radical (unpaired) electrons. The summed E-state index contributed by atoms with van der Waals surface area (Å²) < 4.78 is 5.08. The molecule has 2 rings (SSSR count). The maximum Gasteiger partial charge on any atom is 0.309 e. The normalized spacial score (nSPS) is 19.0. The monoisotopic (exact) mass is 390 g/mol. The third kappa shape index (κ3) is 6.34. The van der Waals surface area contributed by atoms with Crippen LogP contribution in [0.25, 0.3) is 0 Å². The number of esters is 1. The zero-order valence-corrected chi connectivity index (χ0v) is 17.3. The van der Waals surface area contributed by atoms with Crippen molar-refractivity contribution in [1.82, 2.24) is 4.90 Å². The largest absolute Gasteiger partial charge is 0.466 e. The number of amides is 2. The molecule has 1 aromatic rings. The number of hydrogen-bond acceptors (Lipinski definition) is 4. The molecule has 0 saturated carbocycles. The second-order valence-electron chi connectivity index (χ2n) is 7.57. The van der Waals surface area contributed by atoms with Gasteiger partial charge in [0.15, 0.2) is 6.54 Å². The summed E-state index contributed by atoms with van der Waals surface area (Å²) in [5.41, 5.74) is 2.83. The number of likely N-dealkylation sites (tertiary alicyclic amines) is 1. The zero-order chi connectivity index (χ0) is 20.7. The highest BCUT2D eigenvalue weighted by Gasteiger charge is 2.30. The summed E-state index contributed by atoms with van der Waals surface area (Å²) in [6.07, 6.45) is 1.47. The number of piperidine rings is 1. The lowest BCUT2D eigenvalue weighted by Crippen LogP contribution is -3.14. The van der Waals surface area contributed by atoms with Gasteiger partial charge in [-0.15, -0.1) is 0 Å². The van der Waals surface area contributed by atoms with E-state index in [0.717, 1.165) is 47.6 Å². The fourth-order valence-electron chi connectivity index (χ4n) is 3.41. The van der Waals surface area contributed by atoms with Gasteiger partial charge in [-0.3, -0.25) is 14.4 Å². The van der Waals surface area contributed by atoms with Crippen molar-refractivity contribution >= 4 is 23.5 Å². The maximum atomic E-state index is 12.5. The average Bonchev–Trinajstić information content (AvgIpc) is 2.65. The Hall–Kier alpha value is -2.41. The second-order valence-corrected chi connectivity index (χ2v) is 7.57. The van der Waals surface area contributed by atoms with Crippen LogP contribution >= 0.6 is 0 Å². The molecule has 1 saturated heterocycles. The van der Waals surface area contributed by atoms with E-state index >= 15 is 0 Å². The number of likely N-dealkylation sites (N-methyl/N-ethyl adjacent to an activating group) is 1. The van der Waals surface area contributed by atoms with Gasteiger partial charge in [-0.1, -0.05) is 12.1 Å². The predicted octanol–water partition coefficient (Wildman–Crippen LogP) is 0.558. The fraction of sp³-hybridized carbons (Fsp3) is 0.571. The number of nitrogens with one attached hydrogen (secondary N) is 2. The lowest BCUT2D eigenvalue weighted by Gasteiger charge is -2.28. The quantitative estimate of drug-likeness (QED) is 0.667. The molecule has 0 aromatic heterocycles. The zero-order valence-electron chi connectivity index (χ0n) is 17.3. The predicted molar refractivity (Wildman–Crippen MR) is 107 cm³/mol. The van der Waals surface area contributed by atoms with Crippen LogP contribution < -0.4 is 10.2 Å². The topological polar surface area (TPSA) is 80.2 Å². The van der Waals surface area contributed by atoms with E-state index < -0.39 is 0 Å². The third-order valence-electron chi connectivity index (χ3n) is 5.19. The molecule has 1 fully saturated rings. The standard InChI is InChI=1S/C21H31N3O4/c1-5-28-21(27)17-8-10-24(11-9-17)14-20(26)23(4)13-19(25)22-18-12-15(2)6-7-16(18)3/h6-7,12,17H,5,8-11,13-14H2,1-4H3,(H,22,25)/p+1. The molecule has 7 nitrogen and oxygen atoms in total. The van der Waals surface area contributed by atoms with Gasteiger partial charge in [0.2, 0.25) is 5.91 Å². The first-order valence-corrected chi connectivity index (χ1v) is 9.91. The molecule has 1 aliphatic rings. The SMILES string of the molecule is CCOC(=O)C1CC[NH+](CC(=O)N(C)CC(=O)Nc2cc(C)ccc2C)CC1. The third-order valence-corrected chi connectivity index (χ3v) is 5.19. The molecule has 0 bridgehead atoms. The van der Waals surface area contributed by atoms with Gasteiger partial charge >= 0.3 is 5.97 Å². The summed E-state index contributed by atoms with van der Waals surface area (Å²) in [6, 6.07) is 5.88. The van der Waals surface area contributed by atoms with Gasteiger partial charge in [-0.05, 0) is 38.0 Å². The van der Waals surface area contributed by atoms with Crippen LogP contribution in [0.15, 0.2) is 18.2 Å². The number of hydrogen-bond donors (Lipinski definition) is 2. The maximum absolute atomic E-state index is 12.5. The van der Waals surface area contributed by atoms with Crippen LogP contribution in [0.2, 0.25) is 0 Å². The number of carbonyl (C=O) groups excluding carboxylic acids is 3. The van der Waals surface area contributed by atoms with Gasteiger partial charge in [-0.2, -0.15) is 0 Å². The first kappa shape index (κ1) is 21.9. The summed E-state index contributed by atoms with van der Waals surface area (Å²) in [4.78, 5) is 39.2. The Labute approximate surface area is 167 Å². The van der Waals surface area contributed by atoms with Crippen LogP contribution in [-0.2, 0) is 19.1 Å². The van der Waals surface area contributed by atoms with Crippen molar-refractivity contribution < 1.29 is 24.0 Å². The highest BCUT2D eigenvalue weighted by molar-refractivity contribution is 5.95. The molecule has 7 heteroatoms. The Balaban J connectivity index is 1.77. The first-order valence-electron chi connectivity index (χ1n) is 9.91. The van der Waals surface area contributed by atoms with Crippen molar-refractivity contribution in [3.05, 3.63) is 29.3 Å². The molecule has 2 amide bonds. The van der Waals surface area contributed by atoms with Crippen LogP contribution in [0.4, 0.5) is 5.69 Å². The first-order chi connectivity index (χ1) is 13.3. The van der Waals surface area contributed by atoms with Crippen molar-refractivity contribution in [3.63, 3.8) is 0 Å². The minimum Gasteiger partial charge on any atom is -0.466 e. The molecule has 0 spiro atoms. The number of anilines is 1. The van der Waals surface area contributed by atoms with E-state index in [9.17, 15) is 14.4 Å². The van der Waals surface area contributed by atoms with E-state index in [2.05, 4.69) is 5.32 Å². The molecule has 1 aliphatic heterocycles. The summed E-state index contributed by atoms with van der Waals surface area (Å²) in [7, 11) is 1.65. The number of rotatable bonds is 7. The van der Waals surface area contributed by atoms with Gasteiger partial charge in [0, 0.05) is 25.6 Å². The number of nitrogens with zero attached hydrogens (tertiary/aromatic N) is 1. The number of quaternary nitrogens is 1. The van der Waals surface area contributed by atoms with Crippen LogP contribution in [0, 0.1) is 19.8 Å². The van der Waals surface area contributed by atoms with Crippen molar-refractivity contribution in [3.8, 4) is 0 Å². The van der Waals surface area contributed by atoms with Crippen molar-refractivity contribution in [2.24, 2.45) is 5.92 Å². The Morgan fingerprint density at radius 2 is 1.89 bits per heavy atom. The second kappa shape index (κ2) is 10.2. The number of aryl methyl sites for hydroxylation is 2. The van der Waals surface area contributed by atoms with Crippen molar-refractivity contribution in [1.29, 1.82) is 0 Å². The molecule has 0 aliphatic carbocycles. The smallest absolute Gasteiger partial charge is 0.309 e. The fourth-order valence-corrected chi connectivity index (χ4v) is 3.41. The Bertz CT molecular complexity index is 712. The molecule has 154 valence electrons. The lowest BCUT2D eigenvalue weighted by atomic mass is 9.97. The van der Waals surface area contributed by atoms with E-state index in [4.69, 9.17) is 4.74 Å². The van der Waals surface area contributed by atoms with Crippen LogP contribution in [0.1, 0.15) is 30.9 Å². The van der Waals surface area contributed by atoms with Crippen LogP contribution in [-0.4, -0.2) is 62.5 Å². The Morgan fingerprint density at radius 1 is 1.21 bits per heavy atom. The van der Waals surface area contributed by atoms with E-state index in [1.54, 1.807) is 7.05 Å². The lowest BCUT2D eigenvalue weighted by molar-refractivity contribution is -0.898. The van der Waals surface area contributed by atoms with Gasteiger partial charge in [0.05, 0.1) is 32.2 Å². The molecule has 2 N–H and O–H groups in total. The average molecular weight is 391 g/mol. The summed E-state index contributed by atoms with van der Waals surface area (Å²) in [5.74, 6) is -0.464. The molecule has 0 atom stereocenters. The van der Waals surface area contributed by atoms with Crippen molar-refractivity contribution in [2.45, 2.75) is 33.6 Å². The number of ether oxygens (including phenoxy) is 1. The van der Waals surface area contributed by atoms with Crippen LogP contribution in [0.3, 0.4) is 0 Å². The van der Waals surface area contributed by atoms with Crippen molar-refractivity contribution in [2.75, 3.05) is 45.2 Å². The molecular formula is C21H32N3O4+. The summed E-state index contributed by atoms with van der Waals surface area (Å²) in [6.45, 7) is 8.00. The summed E-state index contributed by atoms with van der Waals surface area (Å²) in [5, 5.41) is 2.88. The van der Waals surface area contributed by atoms with Gasteiger partial charge in [0.1, 0.15) is 0 Å². The van der Waals surface area contributed by atoms with Gasteiger partial charge < -0.3 is 19.9 Å². The highest BCUT2D eigenvalue weighted by atomic mass is 16.5. The highest BCUT2D eigenvalue weighted by Crippen LogP contribution is 2.16. The van der Waals surface area contributed by atoms with E-state index in [0.29, 0.717) is 13.2 Å². The molecule has 1 heterocycles. The van der Waals surface area contributed by atoms with E-state index in [1.807, 2.05) is 39.0 Å². The molecular weight excluding hydrogens is 358 g/mol. The number of benzene rings is 1. The van der Waals surface area contributed by atoms with Gasteiger partial charge in [0.25, 0.3) is 5.91 Å². The number of carbonyl (C=O) groups is 3. The Kier molecular flexibility index (Phi) is 7.99. The Morgan fingerprint density at radius 3 is 2.54 bits per heavy atom. The summed E-state index contributed by atoms with van der Waals surface area (Å²) >= 11 is 0.